The van der Waals surface area contributed by atoms with Crippen molar-refractivity contribution >= 4 is 16.8 Å². The largest absolute Gasteiger partial charge is 0.278 e. The highest BCUT2D eigenvalue weighted by Gasteiger charge is 2.12. The van der Waals surface area contributed by atoms with Gasteiger partial charge in [0, 0.05) is 6.54 Å². The van der Waals surface area contributed by atoms with E-state index in [0.29, 0.717) is 12.2 Å². The molecule has 0 saturated carbocycles. The lowest BCUT2D eigenvalue weighted by atomic mass is 10.2. The van der Waals surface area contributed by atoms with Crippen LogP contribution >= 0.6 is 11.6 Å². The predicted molar refractivity (Wildman–Crippen MR) is 58.3 cm³/mol. The molecule has 0 radical (unpaired) electrons. The molecule has 0 atom stereocenters. The average molecular weight is 229 g/mol. The molecule has 0 unspecified atom stereocenters. The Bertz CT molecular complexity index is 438. The van der Waals surface area contributed by atoms with Crippen LogP contribution in [0.3, 0.4) is 0 Å². The van der Waals surface area contributed by atoms with Crippen LogP contribution < -0.4 is 5.56 Å². The van der Waals surface area contributed by atoms with E-state index in [2.05, 4.69) is 5.10 Å². The first-order valence-electron chi connectivity index (χ1n) is 4.70. The van der Waals surface area contributed by atoms with Gasteiger partial charge in [-0.05, 0) is 30.5 Å². The molecule has 0 aliphatic heterocycles. The highest BCUT2D eigenvalue weighted by Crippen LogP contribution is 2.01. The smallest absolute Gasteiger partial charge is 0.275 e. The molecule has 1 aromatic rings. The Kier molecular flexibility index (Phi) is 3.63. The van der Waals surface area contributed by atoms with E-state index in [1.165, 1.54) is 10.7 Å². The van der Waals surface area contributed by atoms with Crippen molar-refractivity contribution < 1.29 is 4.79 Å². The topological polar surface area (TPSA) is 52.0 Å². The van der Waals surface area contributed by atoms with Crippen LogP contribution in [-0.2, 0) is 6.54 Å². The van der Waals surface area contributed by atoms with Gasteiger partial charge in [0.2, 0.25) is 0 Å². The van der Waals surface area contributed by atoms with Crippen molar-refractivity contribution in [2.75, 3.05) is 0 Å². The summed E-state index contributed by atoms with van der Waals surface area (Å²) in [5.41, 5.74) is 0.179. The number of nitrogens with zero attached hydrogens (tertiary/aromatic N) is 2. The quantitative estimate of drug-likeness (QED) is 0.739. The number of aryl methyl sites for hydroxylation is 1. The molecule has 15 heavy (non-hydrogen) atoms. The molecular formula is C10H13ClN2O2. The van der Waals surface area contributed by atoms with Gasteiger partial charge in [0.05, 0.1) is 5.69 Å². The van der Waals surface area contributed by atoms with E-state index in [1.807, 2.05) is 13.8 Å². The number of aromatic nitrogens is 2. The van der Waals surface area contributed by atoms with Gasteiger partial charge >= 0.3 is 0 Å². The fourth-order valence-electron chi connectivity index (χ4n) is 1.28. The van der Waals surface area contributed by atoms with E-state index in [1.54, 1.807) is 6.92 Å². The zero-order chi connectivity index (χ0) is 11.6. The summed E-state index contributed by atoms with van der Waals surface area (Å²) in [5, 5.41) is 3.32. The first-order chi connectivity index (χ1) is 6.91. The van der Waals surface area contributed by atoms with Crippen molar-refractivity contribution in [1.82, 2.24) is 9.78 Å². The monoisotopic (exact) mass is 228 g/mol. The molecule has 0 spiro atoms. The minimum Gasteiger partial charge on any atom is -0.275 e. The van der Waals surface area contributed by atoms with Crippen molar-refractivity contribution in [3.05, 3.63) is 27.7 Å². The second kappa shape index (κ2) is 4.57. The highest BCUT2D eigenvalue weighted by molar-refractivity contribution is 6.67. The third-order valence-corrected chi connectivity index (χ3v) is 2.05. The molecule has 1 heterocycles. The highest BCUT2D eigenvalue weighted by atomic mass is 35.5. The summed E-state index contributed by atoms with van der Waals surface area (Å²) < 4.78 is 1.29. The van der Waals surface area contributed by atoms with Gasteiger partial charge in [-0.2, -0.15) is 5.10 Å². The standard InChI is InChI=1S/C10H13ClN2O2/c1-6(2)5-13-10(15)8(9(11)14)4-7(3)12-13/h4,6H,5H2,1-3H3. The van der Waals surface area contributed by atoms with Gasteiger partial charge in [0.25, 0.3) is 10.8 Å². The van der Waals surface area contributed by atoms with Gasteiger partial charge in [0.15, 0.2) is 0 Å². The van der Waals surface area contributed by atoms with E-state index in [-0.39, 0.29) is 11.5 Å². The van der Waals surface area contributed by atoms with Gasteiger partial charge in [0.1, 0.15) is 5.56 Å². The number of halogens is 1. The summed E-state index contributed by atoms with van der Waals surface area (Å²) in [4.78, 5) is 22.7. The number of hydrogen-bond donors (Lipinski definition) is 0. The molecule has 0 N–H and O–H groups in total. The Hall–Kier alpha value is -1.16. The minimum absolute atomic E-state index is 0.00943. The normalized spacial score (nSPS) is 10.7. The molecule has 0 bridgehead atoms. The van der Waals surface area contributed by atoms with Crippen LogP contribution in [0, 0.1) is 12.8 Å². The number of hydrogen-bond acceptors (Lipinski definition) is 3. The lowest BCUT2D eigenvalue weighted by Gasteiger charge is -2.08. The zero-order valence-corrected chi connectivity index (χ0v) is 9.71. The van der Waals surface area contributed by atoms with Crippen LogP contribution in [-0.4, -0.2) is 15.0 Å². The lowest BCUT2D eigenvalue weighted by Crippen LogP contribution is -2.29. The van der Waals surface area contributed by atoms with Crippen LogP contribution in [0.25, 0.3) is 0 Å². The Morgan fingerprint density at radius 3 is 2.67 bits per heavy atom. The predicted octanol–water partition coefficient (Wildman–Crippen LogP) is 1.59. The van der Waals surface area contributed by atoms with E-state index in [9.17, 15) is 9.59 Å². The maximum Gasteiger partial charge on any atom is 0.278 e. The fraction of sp³-hybridized carbons (Fsp3) is 0.500. The molecule has 1 aromatic heterocycles. The number of carbonyl (C=O) groups is 1. The molecule has 82 valence electrons. The van der Waals surface area contributed by atoms with Crippen LogP contribution in [0.5, 0.6) is 0 Å². The summed E-state index contributed by atoms with van der Waals surface area (Å²) in [5.74, 6) is 0.287. The fourth-order valence-corrected chi connectivity index (χ4v) is 1.42. The average Bonchev–Trinajstić information content (AvgIpc) is 2.09. The van der Waals surface area contributed by atoms with Crippen molar-refractivity contribution in [1.29, 1.82) is 0 Å². The minimum atomic E-state index is -0.733. The number of carbonyl (C=O) groups excluding carboxylic acids is 1. The molecule has 0 aliphatic carbocycles. The van der Waals surface area contributed by atoms with Crippen LogP contribution in [0.4, 0.5) is 0 Å². The second-order valence-electron chi connectivity index (χ2n) is 3.85. The van der Waals surface area contributed by atoms with Crippen LogP contribution in [0.2, 0.25) is 0 Å². The van der Waals surface area contributed by atoms with E-state index < -0.39 is 10.8 Å². The van der Waals surface area contributed by atoms with Crippen LogP contribution in [0.1, 0.15) is 29.9 Å². The second-order valence-corrected chi connectivity index (χ2v) is 4.20. The molecule has 1 rings (SSSR count). The Morgan fingerprint density at radius 1 is 1.60 bits per heavy atom. The van der Waals surface area contributed by atoms with Gasteiger partial charge < -0.3 is 0 Å². The maximum atomic E-state index is 11.7. The Balaban J connectivity index is 3.29. The van der Waals surface area contributed by atoms with Gasteiger partial charge in [-0.3, -0.25) is 9.59 Å². The van der Waals surface area contributed by atoms with Crippen molar-refractivity contribution in [2.45, 2.75) is 27.3 Å². The Labute approximate surface area is 92.9 Å². The molecular weight excluding hydrogens is 216 g/mol. The van der Waals surface area contributed by atoms with Crippen LogP contribution in [0.15, 0.2) is 10.9 Å². The molecule has 0 amide bonds. The maximum absolute atomic E-state index is 11.7. The first-order valence-corrected chi connectivity index (χ1v) is 5.08. The lowest BCUT2D eigenvalue weighted by molar-refractivity contribution is 0.107. The summed E-state index contributed by atoms with van der Waals surface area (Å²) in [6.07, 6.45) is 0. The van der Waals surface area contributed by atoms with E-state index >= 15 is 0 Å². The van der Waals surface area contributed by atoms with E-state index in [4.69, 9.17) is 11.6 Å². The summed E-state index contributed by atoms with van der Waals surface area (Å²) in [7, 11) is 0. The Morgan fingerprint density at radius 2 is 2.20 bits per heavy atom. The van der Waals surface area contributed by atoms with Gasteiger partial charge in [-0.25, -0.2) is 4.68 Å². The van der Waals surface area contributed by atoms with Crippen molar-refractivity contribution in [3.63, 3.8) is 0 Å². The summed E-state index contributed by atoms with van der Waals surface area (Å²) in [6, 6.07) is 1.41. The molecule has 0 fully saturated rings. The summed E-state index contributed by atoms with van der Waals surface area (Å²) >= 11 is 5.31. The summed E-state index contributed by atoms with van der Waals surface area (Å²) in [6.45, 7) is 6.15. The third-order valence-electron chi connectivity index (χ3n) is 1.85. The zero-order valence-electron chi connectivity index (χ0n) is 8.95. The first kappa shape index (κ1) is 11.9. The third kappa shape index (κ3) is 2.89. The molecule has 4 nitrogen and oxygen atoms in total. The molecule has 0 saturated heterocycles. The molecule has 0 aliphatic rings. The van der Waals surface area contributed by atoms with Crippen molar-refractivity contribution in [3.8, 4) is 0 Å². The van der Waals surface area contributed by atoms with Crippen molar-refractivity contribution in [2.24, 2.45) is 5.92 Å². The molecule has 0 aromatic carbocycles. The van der Waals surface area contributed by atoms with E-state index in [0.717, 1.165) is 0 Å². The molecule has 5 heteroatoms. The van der Waals surface area contributed by atoms with Gasteiger partial charge in [-0.1, -0.05) is 13.8 Å². The van der Waals surface area contributed by atoms with Gasteiger partial charge in [-0.15, -0.1) is 0 Å². The number of rotatable bonds is 3. The SMILES string of the molecule is Cc1cc(C(=O)Cl)c(=O)n(CC(C)C)n1.